The molecule has 0 radical (unpaired) electrons. The summed E-state index contributed by atoms with van der Waals surface area (Å²) in [7, 11) is 0. The number of fused-ring (bicyclic) bond motifs is 1. The highest BCUT2D eigenvalue weighted by Gasteiger charge is 2.16. The fourth-order valence-electron chi connectivity index (χ4n) is 2.97. The zero-order valence-corrected chi connectivity index (χ0v) is 18.6. The van der Waals surface area contributed by atoms with E-state index in [1.807, 2.05) is 70.4 Å². The minimum Gasteiger partial charge on any atom is -0.300 e. The quantitative estimate of drug-likeness (QED) is 0.547. The first-order valence-corrected chi connectivity index (χ1v) is 10.0. The molecule has 0 N–H and O–H groups in total. The fourth-order valence-corrected chi connectivity index (χ4v) is 2.97. The lowest BCUT2D eigenvalue weighted by atomic mass is 10.1. The van der Waals surface area contributed by atoms with Gasteiger partial charge in [-0.25, -0.2) is 19.9 Å². The summed E-state index contributed by atoms with van der Waals surface area (Å²) < 4.78 is 2.02. The average Bonchev–Trinajstić information content (AvgIpc) is 3.04. The van der Waals surface area contributed by atoms with Crippen LogP contribution in [0.2, 0.25) is 0 Å². The molecule has 6 nitrogen and oxygen atoms in total. The van der Waals surface area contributed by atoms with E-state index in [1.54, 1.807) is 12.3 Å². The number of aromatic nitrogens is 5. The Morgan fingerprint density at radius 2 is 1.93 bits per heavy atom. The summed E-state index contributed by atoms with van der Waals surface area (Å²) in [5.41, 5.74) is 6.40. The molecule has 6 heteroatoms. The van der Waals surface area contributed by atoms with Crippen LogP contribution in [0.15, 0.2) is 48.8 Å². The Balaban J connectivity index is 0.00000155. The number of aryl methyl sites for hydroxylation is 3. The van der Waals surface area contributed by atoms with Gasteiger partial charge >= 0.3 is 0 Å². The Bertz CT molecular complexity index is 1160. The van der Waals surface area contributed by atoms with E-state index < -0.39 is 0 Å². The second-order valence-electron chi connectivity index (χ2n) is 6.54. The number of rotatable bonds is 5. The maximum absolute atomic E-state index is 9.30. The number of hydrogen-bond donors (Lipinski definition) is 0. The van der Waals surface area contributed by atoms with Gasteiger partial charge in [-0.1, -0.05) is 44.7 Å². The van der Waals surface area contributed by atoms with Crippen LogP contribution < -0.4 is 0 Å². The summed E-state index contributed by atoms with van der Waals surface area (Å²) in [5, 5.41) is 9.30. The van der Waals surface area contributed by atoms with Crippen molar-refractivity contribution < 1.29 is 0 Å². The molecule has 0 atom stereocenters. The minimum absolute atomic E-state index is 0.355. The van der Waals surface area contributed by atoms with Crippen molar-refractivity contribution in [3.05, 3.63) is 77.2 Å². The second kappa shape index (κ2) is 10.3. The molecule has 0 saturated carbocycles. The highest BCUT2D eigenvalue weighted by atomic mass is 15.1. The van der Waals surface area contributed by atoms with Crippen molar-refractivity contribution in [3.63, 3.8) is 0 Å². The average molecular weight is 401 g/mol. The van der Waals surface area contributed by atoms with Gasteiger partial charge in [-0.2, -0.15) is 5.26 Å². The van der Waals surface area contributed by atoms with Crippen molar-refractivity contribution in [1.29, 1.82) is 5.26 Å². The van der Waals surface area contributed by atoms with Gasteiger partial charge in [0.05, 0.1) is 11.4 Å². The van der Waals surface area contributed by atoms with Gasteiger partial charge < -0.3 is 4.40 Å². The van der Waals surface area contributed by atoms with Gasteiger partial charge in [-0.15, -0.1) is 0 Å². The summed E-state index contributed by atoms with van der Waals surface area (Å²) in [6.45, 7) is 15.6. The van der Waals surface area contributed by atoms with Crippen LogP contribution in [0.1, 0.15) is 49.1 Å². The summed E-state index contributed by atoms with van der Waals surface area (Å²) in [4.78, 5) is 18.3. The Hall–Kier alpha value is -3.59. The maximum Gasteiger partial charge on any atom is 0.180 e. The molecule has 0 aromatic carbocycles. The van der Waals surface area contributed by atoms with Gasteiger partial charge in [0.25, 0.3) is 0 Å². The van der Waals surface area contributed by atoms with E-state index in [-0.39, 0.29) is 0 Å². The lowest BCUT2D eigenvalue weighted by Crippen LogP contribution is -2.04. The standard InChI is InChI=1S/C22H22N6.C2H6/c1-6-8-17(9-7-2)10-18-22-25-15(4)16(5)28(22)13-20(26-18)21-24-12-14(3)19(11-23)27-21;1-2/h6-9,12-13H,1,10H2,2-5H3;1-2H3/b9-7-,17-8+;. The highest BCUT2D eigenvalue weighted by molar-refractivity contribution is 5.58. The summed E-state index contributed by atoms with van der Waals surface area (Å²) in [6.07, 6.45) is 11.9. The highest BCUT2D eigenvalue weighted by Crippen LogP contribution is 2.22. The predicted molar refractivity (Wildman–Crippen MR) is 121 cm³/mol. The molecular weight excluding hydrogens is 372 g/mol. The number of hydrogen-bond acceptors (Lipinski definition) is 5. The molecule has 0 aliphatic carbocycles. The van der Waals surface area contributed by atoms with Crippen molar-refractivity contribution in [2.45, 2.75) is 48.0 Å². The Labute approximate surface area is 178 Å². The molecule has 0 aliphatic heterocycles. The molecule has 0 unspecified atom stereocenters. The van der Waals surface area contributed by atoms with Crippen molar-refractivity contribution in [2.75, 3.05) is 0 Å². The molecule has 3 heterocycles. The zero-order valence-electron chi connectivity index (χ0n) is 18.6. The number of allylic oxidation sites excluding steroid dienone is 5. The number of nitrogens with zero attached hydrogens (tertiary/aromatic N) is 6. The first-order valence-electron chi connectivity index (χ1n) is 10.0. The number of nitriles is 1. The summed E-state index contributed by atoms with van der Waals surface area (Å²) in [5.74, 6) is 0.427. The van der Waals surface area contributed by atoms with E-state index in [9.17, 15) is 5.26 Å². The molecule has 0 bridgehead atoms. The fraction of sp³-hybridized carbons (Fsp3) is 0.292. The zero-order chi connectivity index (χ0) is 22.3. The predicted octanol–water partition coefficient (Wildman–Crippen LogP) is 5.24. The van der Waals surface area contributed by atoms with Gasteiger partial charge in [0, 0.05) is 30.1 Å². The van der Waals surface area contributed by atoms with E-state index in [0.29, 0.717) is 23.6 Å². The molecule has 154 valence electrons. The van der Waals surface area contributed by atoms with Crippen LogP contribution in [-0.2, 0) is 6.42 Å². The van der Waals surface area contributed by atoms with Crippen LogP contribution in [0.4, 0.5) is 0 Å². The van der Waals surface area contributed by atoms with E-state index in [0.717, 1.165) is 33.9 Å². The van der Waals surface area contributed by atoms with Gasteiger partial charge in [0.15, 0.2) is 11.5 Å². The van der Waals surface area contributed by atoms with E-state index >= 15 is 0 Å². The normalized spacial score (nSPS) is 11.3. The molecular formula is C24H28N6. The largest absolute Gasteiger partial charge is 0.300 e. The Kier molecular flexibility index (Phi) is 7.76. The van der Waals surface area contributed by atoms with Gasteiger partial charge in [-0.3, -0.25) is 0 Å². The molecule has 3 aromatic rings. The van der Waals surface area contributed by atoms with E-state index in [4.69, 9.17) is 9.97 Å². The van der Waals surface area contributed by atoms with Crippen molar-refractivity contribution in [1.82, 2.24) is 24.3 Å². The molecule has 0 saturated heterocycles. The third-order valence-electron chi connectivity index (χ3n) is 4.54. The Morgan fingerprint density at radius 3 is 2.57 bits per heavy atom. The lowest BCUT2D eigenvalue weighted by Gasteiger charge is -2.09. The minimum atomic E-state index is 0.355. The monoisotopic (exact) mass is 400 g/mol. The molecule has 3 aromatic heterocycles. The molecule has 0 amide bonds. The topological polar surface area (TPSA) is 79.8 Å². The van der Waals surface area contributed by atoms with Gasteiger partial charge in [0.2, 0.25) is 0 Å². The third-order valence-corrected chi connectivity index (χ3v) is 4.54. The maximum atomic E-state index is 9.30. The second-order valence-corrected chi connectivity index (χ2v) is 6.54. The molecule has 30 heavy (non-hydrogen) atoms. The third kappa shape index (κ3) is 4.69. The van der Waals surface area contributed by atoms with Crippen LogP contribution in [0, 0.1) is 32.1 Å². The van der Waals surface area contributed by atoms with Crippen LogP contribution in [0.3, 0.4) is 0 Å². The first-order chi connectivity index (χ1) is 14.5. The number of imidazole rings is 1. The van der Waals surface area contributed by atoms with Gasteiger partial charge in [-0.05, 0) is 33.3 Å². The van der Waals surface area contributed by atoms with Crippen molar-refractivity contribution >= 4 is 5.65 Å². The van der Waals surface area contributed by atoms with Crippen LogP contribution in [-0.4, -0.2) is 24.3 Å². The molecule has 0 aliphatic rings. The summed E-state index contributed by atoms with van der Waals surface area (Å²) in [6, 6.07) is 2.11. The van der Waals surface area contributed by atoms with Crippen LogP contribution in [0.5, 0.6) is 0 Å². The smallest absolute Gasteiger partial charge is 0.180 e. The van der Waals surface area contributed by atoms with Crippen LogP contribution in [0.25, 0.3) is 17.2 Å². The molecule has 0 fully saturated rings. The van der Waals surface area contributed by atoms with Crippen LogP contribution >= 0.6 is 0 Å². The Morgan fingerprint density at radius 1 is 1.20 bits per heavy atom. The van der Waals surface area contributed by atoms with Crippen molar-refractivity contribution in [3.8, 4) is 17.6 Å². The van der Waals surface area contributed by atoms with Crippen molar-refractivity contribution in [2.24, 2.45) is 0 Å². The summed E-state index contributed by atoms with van der Waals surface area (Å²) >= 11 is 0. The SMILES string of the molecule is C=C/C=C(\C=C/C)Cc1nc(-c2ncc(C)c(C#N)n2)cn2c(C)c(C)nc12.CC. The van der Waals surface area contributed by atoms with E-state index in [2.05, 4.69) is 22.6 Å². The first kappa shape index (κ1) is 22.7. The molecule has 3 rings (SSSR count). The van der Waals surface area contributed by atoms with E-state index in [1.165, 1.54) is 0 Å². The molecule has 0 spiro atoms. The lowest BCUT2D eigenvalue weighted by molar-refractivity contribution is 0.983. The van der Waals surface area contributed by atoms with Gasteiger partial charge in [0.1, 0.15) is 17.5 Å².